The van der Waals surface area contributed by atoms with Crippen LogP contribution in [0.4, 0.5) is 0 Å². The molecule has 5 heteroatoms. The molecule has 2 aliphatic heterocycles. The highest BCUT2D eigenvalue weighted by atomic mass is 32.1. The van der Waals surface area contributed by atoms with Gasteiger partial charge in [-0.05, 0) is 73.4 Å². The van der Waals surface area contributed by atoms with Gasteiger partial charge < -0.3 is 9.80 Å². The third-order valence-electron chi connectivity index (χ3n) is 8.86. The Hall–Kier alpha value is -3.18. The molecule has 2 aromatic carbocycles. The van der Waals surface area contributed by atoms with E-state index >= 15 is 0 Å². The summed E-state index contributed by atoms with van der Waals surface area (Å²) in [5.41, 5.74) is 4.53. The Morgan fingerprint density at radius 3 is 2.50 bits per heavy atom. The van der Waals surface area contributed by atoms with Gasteiger partial charge in [-0.25, -0.2) is 0 Å². The van der Waals surface area contributed by atoms with Gasteiger partial charge in [0.15, 0.2) is 0 Å². The van der Waals surface area contributed by atoms with Crippen molar-refractivity contribution in [3.63, 3.8) is 0 Å². The van der Waals surface area contributed by atoms with Gasteiger partial charge in [-0.2, -0.15) is 0 Å². The Balaban J connectivity index is 1.19. The van der Waals surface area contributed by atoms with Crippen LogP contribution in [0.1, 0.15) is 95.0 Å². The van der Waals surface area contributed by atoms with Crippen molar-refractivity contribution in [1.29, 1.82) is 0 Å². The molecule has 3 heterocycles. The van der Waals surface area contributed by atoms with E-state index in [1.54, 1.807) is 11.3 Å². The van der Waals surface area contributed by atoms with Gasteiger partial charge in [-0.1, -0.05) is 73.9 Å². The Morgan fingerprint density at radius 2 is 1.74 bits per heavy atom. The number of thiophene rings is 1. The third-order valence-corrected chi connectivity index (χ3v) is 9.98. The van der Waals surface area contributed by atoms with Crippen LogP contribution in [-0.4, -0.2) is 40.7 Å². The lowest BCUT2D eigenvalue weighted by atomic mass is 9.84. The molecule has 196 valence electrons. The van der Waals surface area contributed by atoms with Gasteiger partial charge >= 0.3 is 0 Å². The Labute approximate surface area is 230 Å². The molecule has 0 radical (unpaired) electrons. The molecule has 6 rings (SSSR count). The number of carbonyl (C=O) groups excluding carboxylic acids is 2. The van der Waals surface area contributed by atoms with Crippen molar-refractivity contribution >= 4 is 23.2 Å². The molecule has 2 amide bonds. The standard InChI is InChI=1S/C33H36N2O2S/c1-3-9-25-20-26(21-29-27-12-7-8-13-28(27)32(36)35(25)29)34(2)33(37)31-19-18-30(38-31)24-16-14-23(15-17-24)22-10-5-4-6-11-22/h3,7-9,12-19,22,25-26,29H,4-6,10-11,20-21H2,1-2H3/b9-3+/t25-,26?,29+/m1/s1. The SMILES string of the molecule is C/C=C/[C@@H]1CC(N(C)C(=O)c2ccc(-c3ccc(C4CCCCC4)cc3)s2)C[C@H]2c3ccccc3C(=O)N12. The molecule has 0 bridgehead atoms. The zero-order valence-corrected chi connectivity index (χ0v) is 23.1. The predicted octanol–water partition coefficient (Wildman–Crippen LogP) is 7.84. The van der Waals surface area contributed by atoms with E-state index in [1.807, 2.05) is 54.1 Å². The molecule has 1 saturated carbocycles. The average Bonchev–Trinajstić information content (AvgIpc) is 3.57. The first-order chi connectivity index (χ1) is 18.5. The van der Waals surface area contributed by atoms with Crippen LogP contribution in [0.5, 0.6) is 0 Å². The van der Waals surface area contributed by atoms with Gasteiger partial charge in [-0.15, -0.1) is 11.3 Å². The summed E-state index contributed by atoms with van der Waals surface area (Å²) in [4.78, 5) is 32.7. The van der Waals surface area contributed by atoms with E-state index in [9.17, 15) is 9.59 Å². The fourth-order valence-corrected chi connectivity index (χ4v) is 7.79. The molecule has 1 saturated heterocycles. The molecule has 3 aromatic rings. The summed E-state index contributed by atoms with van der Waals surface area (Å²) in [6, 6.07) is 21.1. The summed E-state index contributed by atoms with van der Waals surface area (Å²) in [5, 5.41) is 0. The van der Waals surface area contributed by atoms with E-state index in [-0.39, 0.29) is 29.9 Å². The van der Waals surface area contributed by atoms with Crippen LogP contribution >= 0.6 is 11.3 Å². The zero-order chi connectivity index (χ0) is 26.2. The minimum Gasteiger partial charge on any atom is -0.338 e. The van der Waals surface area contributed by atoms with Crippen LogP contribution in [0.25, 0.3) is 10.4 Å². The molecule has 38 heavy (non-hydrogen) atoms. The quantitative estimate of drug-likeness (QED) is 0.319. The molecule has 4 nitrogen and oxygen atoms in total. The number of rotatable bonds is 5. The van der Waals surface area contributed by atoms with Crippen molar-refractivity contribution < 1.29 is 9.59 Å². The van der Waals surface area contributed by atoms with E-state index in [4.69, 9.17) is 0 Å². The molecular formula is C33H36N2O2S. The van der Waals surface area contributed by atoms with Crippen LogP contribution in [0.15, 0.2) is 72.8 Å². The number of piperidine rings is 1. The highest BCUT2D eigenvalue weighted by Gasteiger charge is 2.46. The normalized spacial score (nSPS) is 23.5. The third kappa shape index (κ3) is 4.51. The maximum absolute atomic E-state index is 13.7. The van der Waals surface area contributed by atoms with Crippen molar-refractivity contribution in [2.75, 3.05) is 7.05 Å². The van der Waals surface area contributed by atoms with E-state index < -0.39 is 0 Å². The largest absolute Gasteiger partial charge is 0.338 e. The van der Waals surface area contributed by atoms with E-state index in [1.165, 1.54) is 43.2 Å². The molecule has 3 atom stereocenters. The first kappa shape index (κ1) is 25.1. The summed E-state index contributed by atoms with van der Waals surface area (Å²) in [7, 11) is 1.93. The topological polar surface area (TPSA) is 40.6 Å². The second-order valence-electron chi connectivity index (χ2n) is 11.1. The molecule has 0 N–H and O–H groups in total. The number of nitrogens with zero attached hydrogens (tertiary/aromatic N) is 2. The summed E-state index contributed by atoms with van der Waals surface area (Å²) in [5.74, 6) is 0.876. The highest BCUT2D eigenvalue weighted by molar-refractivity contribution is 7.17. The average molecular weight is 525 g/mol. The van der Waals surface area contributed by atoms with Gasteiger partial charge in [0.05, 0.1) is 17.0 Å². The lowest BCUT2D eigenvalue weighted by molar-refractivity contribution is 0.0377. The second-order valence-corrected chi connectivity index (χ2v) is 12.2. The molecule has 2 fully saturated rings. The van der Waals surface area contributed by atoms with Gasteiger partial charge in [0.25, 0.3) is 11.8 Å². The highest BCUT2D eigenvalue weighted by Crippen LogP contribution is 2.44. The summed E-state index contributed by atoms with van der Waals surface area (Å²) in [6.07, 6.45) is 12.3. The van der Waals surface area contributed by atoms with Crippen molar-refractivity contribution in [2.45, 2.75) is 75.9 Å². The number of benzene rings is 2. The monoisotopic (exact) mass is 524 g/mol. The number of carbonyl (C=O) groups is 2. The fourth-order valence-electron chi connectivity index (χ4n) is 6.79. The predicted molar refractivity (Wildman–Crippen MR) is 155 cm³/mol. The van der Waals surface area contributed by atoms with Gasteiger partial charge in [0.1, 0.15) is 0 Å². The number of hydrogen-bond donors (Lipinski definition) is 0. The maximum atomic E-state index is 13.7. The zero-order valence-electron chi connectivity index (χ0n) is 22.3. The molecular weight excluding hydrogens is 488 g/mol. The molecule has 1 unspecified atom stereocenters. The lowest BCUT2D eigenvalue weighted by Gasteiger charge is -2.43. The lowest BCUT2D eigenvalue weighted by Crippen LogP contribution is -2.50. The van der Waals surface area contributed by atoms with Crippen LogP contribution < -0.4 is 0 Å². The number of amides is 2. The van der Waals surface area contributed by atoms with Crippen molar-refractivity contribution in [2.24, 2.45) is 0 Å². The van der Waals surface area contributed by atoms with Gasteiger partial charge in [0.2, 0.25) is 0 Å². The molecule has 3 aliphatic rings. The van der Waals surface area contributed by atoms with E-state index in [2.05, 4.69) is 42.5 Å². The second kappa shape index (κ2) is 10.5. The minimum absolute atomic E-state index is 0.00970. The van der Waals surface area contributed by atoms with Crippen LogP contribution in [0, 0.1) is 0 Å². The molecule has 1 aliphatic carbocycles. The van der Waals surface area contributed by atoms with Crippen LogP contribution in [-0.2, 0) is 0 Å². The summed E-state index contributed by atoms with van der Waals surface area (Å²) >= 11 is 1.58. The Kier molecular flexibility index (Phi) is 6.96. The van der Waals surface area contributed by atoms with Crippen molar-refractivity contribution in [3.05, 3.63) is 94.4 Å². The van der Waals surface area contributed by atoms with Crippen LogP contribution in [0.2, 0.25) is 0 Å². The van der Waals surface area contributed by atoms with Gasteiger partial charge in [-0.3, -0.25) is 9.59 Å². The number of allylic oxidation sites excluding steroid dienone is 1. The smallest absolute Gasteiger partial charge is 0.263 e. The number of fused-ring (bicyclic) bond motifs is 3. The minimum atomic E-state index is -0.0134. The van der Waals surface area contributed by atoms with Gasteiger partial charge in [0, 0.05) is 23.5 Å². The first-order valence-corrected chi connectivity index (χ1v) is 14.9. The van der Waals surface area contributed by atoms with Crippen LogP contribution in [0.3, 0.4) is 0 Å². The van der Waals surface area contributed by atoms with Crippen molar-refractivity contribution in [1.82, 2.24) is 9.80 Å². The molecule has 0 spiro atoms. The Bertz CT molecular complexity index is 1350. The maximum Gasteiger partial charge on any atom is 0.263 e. The Morgan fingerprint density at radius 1 is 0.974 bits per heavy atom. The summed E-state index contributed by atoms with van der Waals surface area (Å²) in [6.45, 7) is 2.00. The number of hydrogen-bond acceptors (Lipinski definition) is 3. The van der Waals surface area contributed by atoms with Crippen molar-refractivity contribution in [3.8, 4) is 10.4 Å². The van der Waals surface area contributed by atoms with E-state index in [0.29, 0.717) is 5.92 Å². The molecule has 1 aromatic heterocycles. The van der Waals surface area contributed by atoms with E-state index in [0.717, 1.165) is 33.7 Å². The summed E-state index contributed by atoms with van der Waals surface area (Å²) < 4.78 is 0. The first-order valence-electron chi connectivity index (χ1n) is 14.1. The fraction of sp³-hybridized carbons (Fsp3) is 0.394.